The number of benzene rings is 1. The lowest BCUT2D eigenvalue weighted by atomic mass is 10.0. The fourth-order valence-electron chi connectivity index (χ4n) is 4.33. The van der Waals surface area contributed by atoms with Crippen molar-refractivity contribution in [2.75, 3.05) is 23.3 Å². The highest BCUT2D eigenvalue weighted by Gasteiger charge is 2.36. The van der Waals surface area contributed by atoms with Crippen LogP contribution in [0.3, 0.4) is 0 Å². The normalized spacial score (nSPS) is 20.1. The average molecular weight is 463 g/mol. The highest BCUT2D eigenvalue weighted by atomic mass is 19.1. The summed E-state index contributed by atoms with van der Waals surface area (Å²) in [6.45, 7) is 2.98. The van der Waals surface area contributed by atoms with E-state index in [0.29, 0.717) is 30.2 Å². The number of rotatable bonds is 6. The molecule has 1 saturated heterocycles. The fourth-order valence-corrected chi connectivity index (χ4v) is 4.33. The number of anilines is 2. The quantitative estimate of drug-likeness (QED) is 0.567. The Kier molecular flexibility index (Phi) is 6.13. The first-order valence-corrected chi connectivity index (χ1v) is 11.7. The summed E-state index contributed by atoms with van der Waals surface area (Å²) >= 11 is 0. The van der Waals surface area contributed by atoms with Crippen LogP contribution < -0.4 is 19.5 Å². The van der Waals surface area contributed by atoms with Gasteiger partial charge >= 0.3 is 0 Å². The lowest BCUT2D eigenvalue weighted by Crippen LogP contribution is -2.50. The number of halogens is 1. The second kappa shape index (κ2) is 9.37. The number of pyridine rings is 1. The number of nitrogens with one attached hydrogen (secondary N) is 1. The van der Waals surface area contributed by atoms with Gasteiger partial charge in [0.15, 0.2) is 6.17 Å². The number of ether oxygens (including phenoxy) is 1. The maximum Gasteiger partial charge on any atom is 0.276 e. The van der Waals surface area contributed by atoms with E-state index in [2.05, 4.69) is 20.2 Å². The van der Waals surface area contributed by atoms with Gasteiger partial charge in [-0.05, 0) is 49.6 Å². The van der Waals surface area contributed by atoms with Gasteiger partial charge < -0.3 is 10.1 Å². The number of hydrogen-bond donors (Lipinski definition) is 1. The monoisotopic (exact) mass is 462 g/mol. The second-order valence-corrected chi connectivity index (χ2v) is 9.11. The highest BCUT2D eigenvalue weighted by Crippen LogP contribution is 2.31. The number of piperidine rings is 1. The molecule has 1 aliphatic carbocycles. The summed E-state index contributed by atoms with van der Waals surface area (Å²) in [5, 5.41) is 2.86. The van der Waals surface area contributed by atoms with Gasteiger partial charge in [0.25, 0.3) is 5.82 Å². The third-order valence-electron chi connectivity index (χ3n) is 6.45. The van der Waals surface area contributed by atoms with Gasteiger partial charge in [0.2, 0.25) is 5.91 Å². The van der Waals surface area contributed by atoms with E-state index in [9.17, 15) is 4.79 Å². The molecule has 1 saturated carbocycles. The van der Waals surface area contributed by atoms with Crippen molar-refractivity contribution in [2.24, 2.45) is 13.0 Å². The maximum atomic E-state index is 15.1. The Morgan fingerprint density at radius 3 is 2.76 bits per heavy atom. The molecule has 1 aliphatic heterocycles. The Morgan fingerprint density at radius 1 is 1.18 bits per heavy atom. The van der Waals surface area contributed by atoms with Crippen LogP contribution in [0.1, 0.15) is 24.8 Å². The van der Waals surface area contributed by atoms with E-state index in [1.54, 1.807) is 6.07 Å². The maximum absolute atomic E-state index is 15.1. The molecule has 34 heavy (non-hydrogen) atoms. The van der Waals surface area contributed by atoms with E-state index in [1.807, 2.05) is 61.1 Å². The van der Waals surface area contributed by atoms with Crippen LogP contribution in [-0.4, -0.2) is 41.2 Å². The van der Waals surface area contributed by atoms with Gasteiger partial charge in [0, 0.05) is 30.0 Å². The molecule has 8 heteroatoms. The SMILES string of the molecule is Cc1cc(-c2cc(NC(=O)C3CC3)ncn2)ccc1O[C@H]1CCN(c2cccc[n+]2C)C[C@H]1F. The van der Waals surface area contributed by atoms with Crippen LogP contribution in [0.5, 0.6) is 5.75 Å². The van der Waals surface area contributed by atoms with E-state index in [1.165, 1.54) is 6.33 Å². The minimum Gasteiger partial charge on any atom is -0.487 e. The standard InChI is InChI=1S/C26H28FN5O2/c1-17-13-19(21-14-24(29-16-28-21)30-26(33)18-6-7-18)8-9-22(17)34-23-10-12-32(15-20(23)27)25-5-3-4-11-31(25)2/h3-5,8-9,11,13-14,16,18,20,23H,6-7,10,12,15H2,1-2H3/p+1/t20-,23+/m1/s1. The van der Waals surface area contributed by atoms with Crippen LogP contribution in [0.4, 0.5) is 16.0 Å². The molecule has 1 amide bonds. The minimum atomic E-state index is -1.09. The topological polar surface area (TPSA) is 71.2 Å². The van der Waals surface area contributed by atoms with Crippen molar-refractivity contribution in [1.82, 2.24) is 9.97 Å². The van der Waals surface area contributed by atoms with Crippen molar-refractivity contribution >= 4 is 17.5 Å². The predicted molar refractivity (Wildman–Crippen MR) is 127 cm³/mol. The number of carbonyl (C=O) groups is 1. The molecule has 2 fully saturated rings. The van der Waals surface area contributed by atoms with Gasteiger partial charge in [0.1, 0.15) is 30.5 Å². The van der Waals surface area contributed by atoms with Crippen LogP contribution in [0.15, 0.2) is 55.0 Å². The van der Waals surface area contributed by atoms with E-state index in [0.717, 1.165) is 36.3 Å². The zero-order valence-corrected chi connectivity index (χ0v) is 19.4. The molecule has 176 valence electrons. The molecule has 2 aliphatic rings. The van der Waals surface area contributed by atoms with E-state index in [-0.39, 0.29) is 11.8 Å². The van der Waals surface area contributed by atoms with Crippen molar-refractivity contribution in [1.29, 1.82) is 0 Å². The summed E-state index contributed by atoms with van der Waals surface area (Å²) in [6, 6.07) is 13.5. The molecular weight excluding hydrogens is 433 g/mol. The van der Waals surface area contributed by atoms with E-state index >= 15 is 4.39 Å². The summed E-state index contributed by atoms with van der Waals surface area (Å²) < 4.78 is 23.2. The second-order valence-electron chi connectivity index (χ2n) is 9.11. The number of aryl methyl sites for hydroxylation is 2. The summed E-state index contributed by atoms with van der Waals surface area (Å²) in [6.07, 6.45) is 4.32. The van der Waals surface area contributed by atoms with Crippen LogP contribution in [0.25, 0.3) is 11.3 Å². The Labute approximate surface area is 198 Å². The molecule has 1 aromatic carbocycles. The van der Waals surface area contributed by atoms with Crippen LogP contribution in [0, 0.1) is 12.8 Å². The van der Waals surface area contributed by atoms with Gasteiger partial charge in [-0.15, -0.1) is 0 Å². The van der Waals surface area contributed by atoms with Gasteiger partial charge in [-0.2, -0.15) is 0 Å². The first-order valence-electron chi connectivity index (χ1n) is 11.7. The van der Waals surface area contributed by atoms with Gasteiger partial charge in [-0.1, -0.05) is 6.07 Å². The Morgan fingerprint density at radius 2 is 2.03 bits per heavy atom. The zero-order valence-electron chi connectivity index (χ0n) is 19.4. The summed E-state index contributed by atoms with van der Waals surface area (Å²) in [5.41, 5.74) is 2.50. The van der Waals surface area contributed by atoms with Crippen LogP contribution in [-0.2, 0) is 11.8 Å². The molecule has 0 radical (unpaired) electrons. The number of alkyl halides is 1. The molecular formula is C26H29FN5O2+. The Balaban J connectivity index is 1.25. The number of aromatic nitrogens is 3. The molecule has 5 rings (SSSR count). The first-order chi connectivity index (χ1) is 16.5. The predicted octanol–water partition coefficient (Wildman–Crippen LogP) is 3.62. The molecule has 7 nitrogen and oxygen atoms in total. The summed E-state index contributed by atoms with van der Waals surface area (Å²) in [5.74, 6) is 2.29. The number of hydrogen-bond acceptors (Lipinski definition) is 5. The molecule has 0 unspecified atom stereocenters. The van der Waals surface area contributed by atoms with Crippen LogP contribution >= 0.6 is 0 Å². The lowest BCUT2D eigenvalue weighted by Gasteiger charge is -2.32. The lowest BCUT2D eigenvalue weighted by molar-refractivity contribution is -0.659. The molecule has 1 N–H and O–H groups in total. The largest absolute Gasteiger partial charge is 0.487 e. The third-order valence-corrected chi connectivity index (χ3v) is 6.45. The van der Waals surface area contributed by atoms with E-state index in [4.69, 9.17) is 4.74 Å². The molecule has 2 aromatic heterocycles. The Hall–Kier alpha value is -3.55. The summed E-state index contributed by atoms with van der Waals surface area (Å²) in [4.78, 5) is 22.6. The molecule has 0 bridgehead atoms. The van der Waals surface area contributed by atoms with Gasteiger partial charge in [-0.3, -0.25) is 9.69 Å². The van der Waals surface area contributed by atoms with Crippen LogP contribution in [0.2, 0.25) is 0 Å². The van der Waals surface area contributed by atoms with Gasteiger partial charge in [0.05, 0.1) is 25.5 Å². The fraction of sp³-hybridized carbons (Fsp3) is 0.385. The number of nitrogens with zero attached hydrogens (tertiary/aromatic N) is 4. The zero-order chi connectivity index (χ0) is 23.7. The number of amides is 1. The van der Waals surface area contributed by atoms with Crippen molar-refractivity contribution in [3.8, 4) is 17.0 Å². The minimum absolute atomic E-state index is 0.0115. The molecule has 3 aromatic rings. The third kappa shape index (κ3) is 4.85. The van der Waals surface area contributed by atoms with Gasteiger partial charge in [-0.25, -0.2) is 18.9 Å². The Bertz CT molecular complexity index is 1200. The van der Waals surface area contributed by atoms with E-state index < -0.39 is 12.3 Å². The molecule has 3 heterocycles. The van der Waals surface area contributed by atoms with Crippen molar-refractivity contribution in [2.45, 2.75) is 38.5 Å². The summed E-state index contributed by atoms with van der Waals surface area (Å²) in [7, 11) is 1.97. The first kappa shape index (κ1) is 22.3. The smallest absolute Gasteiger partial charge is 0.276 e. The average Bonchev–Trinajstić information content (AvgIpc) is 3.68. The molecule has 0 spiro atoms. The van der Waals surface area contributed by atoms with Crippen molar-refractivity contribution in [3.05, 3.63) is 60.6 Å². The van der Waals surface area contributed by atoms with Crippen molar-refractivity contribution < 1.29 is 18.5 Å². The highest BCUT2D eigenvalue weighted by molar-refractivity contribution is 5.93. The number of carbonyl (C=O) groups excluding carboxylic acids is 1. The molecule has 2 atom stereocenters. The van der Waals surface area contributed by atoms with Crippen molar-refractivity contribution in [3.63, 3.8) is 0 Å².